The van der Waals surface area contributed by atoms with Crippen molar-refractivity contribution >= 4 is 5.78 Å². The Labute approximate surface area is 84.3 Å². The van der Waals surface area contributed by atoms with Gasteiger partial charge < -0.3 is 4.42 Å². The molecule has 1 aromatic rings. The third-order valence-electron chi connectivity index (χ3n) is 2.01. The molecule has 2 nitrogen and oxygen atoms in total. The molecule has 0 saturated heterocycles. The zero-order valence-electron chi connectivity index (χ0n) is 8.16. The van der Waals surface area contributed by atoms with Crippen molar-refractivity contribution < 1.29 is 9.21 Å². The summed E-state index contributed by atoms with van der Waals surface area (Å²) >= 11 is 0. The van der Waals surface area contributed by atoms with E-state index < -0.39 is 0 Å². The van der Waals surface area contributed by atoms with Gasteiger partial charge in [-0.2, -0.15) is 0 Å². The summed E-state index contributed by atoms with van der Waals surface area (Å²) in [6, 6.07) is 3.72. The van der Waals surface area contributed by atoms with Gasteiger partial charge in [0, 0.05) is 25.7 Å². The molecule has 0 radical (unpaired) electrons. The van der Waals surface area contributed by atoms with Gasteiger partial charge in [-0.05, 0) is 18.6 Å². The van der Waals surface area contributed by atoms with Gasteiger partial charge in [0.25, 0.3) is 0 Å². The lowest BCUT2D eigenvalue weighted by atomic mass is 10.1. The third-order valence-corrected chi connectivity index (χ3v) is 2.01. The van der Waals surface area contributed by atoms with Crippen molar-refractivity contribution in [2.45, 2.75) is 32.1 Å². The molecule has 0 bridgehead atoms. The van der Waals surface area contributed by atoms with Crippen LogP contribution in [-0.2, 0) is 11.2 Å². The van der Waals surface area contributed by atoms with E-state index in [2.05, 4.69) is 5.92 Å². The van der Waals surface area contributed by atoms with Gasteiger partial charge in [0.15, 0.2) is 0 Å². The number of carbonyl (C=O) groups is 1. The number of hydrogen-bond acceptors (Lipinski definition) is 2. The molecule has 0 spiro atoms. The lowest BCUT2D eigenvalue weighted by Gasteiger charge is -1.97. The van der Waals surface area contributed by atoms with Gasteiger partial charge in [0.05, 0.1) is 6.26 Å². The molecule has 0 unspecified atom stereocenters. The largest absolute Gasteiger partial charge is 0.469 e. The van der Waals surface area contributed by atoms with Gasteiger partial charge in [-0.3, -0.25) is 4.79 Å². The van der Waals surface area contributed by atoms with Gasteiger partial charge in [0.2, 0.25) is 0 Å². The van der Waals surface area contributed by atoms with Crippen LogP contribution in [0.3, 0.4) is 0 Å². The summed E-state index contributed by atoms with van der Waals surface area (Å²) in [7, 11) is 0. The first kappa shape index (κ1) is 10.6. The maximum Gasteiger partial charge on any atom is 0.133 e. The van der Waals surface area contributed by atoms with Crippen LogP contribution in [0, 0.1) is 12.3 Å². The SMILES string of the molecule is C#CCCCC(=O)CCc1ccco1. The first-order chi connectivity index (χ1) is 6.83. The predicted molar refractivity (Wildman–Crippen MR) is 54.7 cm³/mol. The van der Waals surface area contributed by atoms with Crippen molar-refractivity contribution in [3.63, 3.8) is 0 Å². The molecule has 0 amide bonds. The van der Waals surface area contributed by atoms with Crippen molar-refractivity contribution in [1.82, 2.24) is 0 Å². The molecule has 74 valence electrons. The quantitative estimate of drug-likeness (QED) is 0.509. The van der Waals surface area contributed by atoms with Crippen LogP contribution >= 0.6 is 0 Å². The Kier molecular flexibility index (Phi) is 4.57. The number of ketones is 1. The van der Waals surface area contributed by atoms with Crippen molar-refractivity contribution in [3.8, 4) is 12.3 Å². The second-order valence-corrected chi connectivity index (χ2v) is 3.18. The molecule has 0 aliphatic rings. The molecule has 1 rings (SSSR count). The molecular weight excluding hydrogens is 176 g/mol. The highest BCUT2D eigenvalue weighted by Gasteiger charge is 2.03. The fraction of sp³-hybridized carbons (Fsp3) is 0.417. The average molecular weight is 190 g/mol. The Morgan fingerprint density at radius 1 is 1.50 bits per heavy atom. The van der Waals surface area contributed by atoms with Crippen LogP contribution in [0.4, 0.5) is 0 Å². The monoisotopic (exact) mass is 190 g/mol. The van der Waals surface area contributed by atoms with E-state index in [0.717, 1.165) is 12.2 Å². The molecule has 0 aliphatic carbocycles. The van der Waals surface area contributed by atoms with Crippen molar-refractivity contribution in [1.29, 1.82) is 0 Å². The second kappa shape index (κ2) is 6.04. The summed E-state index contributed by atoms with van der Waals surface area (Å²) < 4.78 is 5.12. The van der Waals surface area contributed by atoms with E-state index in [-0.39, 0.29) is 5.78 Å². The Morgan fingerprint density at radius 2 is 2.36 bits per heavy atom. The number of aryl methyl sites for hydroxylation is 1. The first-order valence-corrected chi connectivity index (χ1v) is 4.80. The molecule has 1 aromatic heterocycles. The first-order valence-electron chi connectivity index (χ1n) is 4.80. The highest BCUT2D eigenvalue weighted by atomic mass is 16.3. The van der Waals surface area contributed by atoms with Crippen LogP contribution in [0.1, 0.15) is 31.4 Å². The van der Waals surface area contributed by atoms with Crippen molar-refractivity contribution in [2.24, 2.45) is 0 Å². The van der Waals surface area contributed by atoms with Gasteiger partial charge >= 0.3 is 0 Å². The van der Waals surface area contributed by atoms with Crippen molar-refractivity contribution in [2.75, 3.05) is 0 Å². The zero-order chi connectivity index (χ0) is 10.2. The van der Waals surface area contributed by atoms with Crippen LogP contribution in [0.5, 0.6) is 0 Å². The van der Waals surface area contributed by atoms with Crippen LogP contribution in [0.25, 0.3) is 0 Å². The maximum atomic E-state index is 11.3. The highest BCUT2D eigenvalue weighted by molar-refractivity contribution is 5.78. The molecule has 2 heteroatoms. The van der Waals surface area contributed by atoms with Crippen LogP contribution < -0.4 is 0 Å². The minimum atomic E-state index is 0.261. The predicted octanol–water partition coefficient (Wildman–Crippen LogP) is 2.58. The van der Waals surface area contributed by atoms with Crippen LogP contribution in [-0.4, -0.2) is 5.78 Å². The smallest absolute Gasteiger partial charge is 0.133 e. The number of unbranched alkanes of at least 4 members (excludes halogenated alkanes) is 1. The Bertz CT molecular complexity index is 304. The van der Waals surface area contributed by atoms with Crippen molar-refractivity contribution in [3.05, 3.63) is 24.2 Å². The standard InChI is InChI=1S/C12H14O2/c1-2-3-4-6-11(13)8-9-12-7-5-10-14-12/h1,5,7,10H,3-4,6,8-9H2. The second-order valence-electron chi connectivity index (χ2n) is 3.18. The summed E-state index contributed by atoms with van der Waals surface area (Å²) in [4.78, 5) is 11.3. The summed E-state index contributed by atoms with van der Waals surface area (Å²) in [6.45, 7) is 0. The highest BCUT2D eigenvalue weighted by Crippen LogP contribution is 2.06. The number of rotatable bonds is 6. The zero-order valence-corrected chi connectivity index (χ0v) is 8.16. The lowest BCUT2D eigenvalue weighted by Crippen LogP contribution is -1.99. The lowest BCUT2D eigenvalue weighted by molar-refractivity contribution is -0.119. The molecule has 0 N–H and O–H groups in total. The van der Waals surface area contributed by atoms with Crippen LogP contribution in [0.2, 0.25) is 0 Å². The number of Topliss-reactive ketones (excluding diaryl/α,β-unsaturated/α-hetero) is 1. The number of carbonyl (C=O) groups excluding carboxylic acids is 1. The topological polar surface area (TPSA) is 30.2 Å². The normalized spacial score (nSPS) is 9.64. The van der Waals surface area contributed by atoms with E-state index in [0.29, 0.717) is 25.7 Å². The van der Waals surface area contributed by atoms with Gasteiger partial charge in [-0.15, -0.1) is 12.3 Å². The summed E-state index contributed by atoms with van der Waals surface area (Å²) in [5, 5.41) is 0. The van der Waals surface area contributed by atoms with E-state index in [1.165, 1.54) is 0 Å². The maximum absolute atomic E-state index is 11.3. The van der Waals surface area contributed by atoms with Gasteiger partial charge in [-0.25, -0.2) is 0 Å². The average Bonchev–Trinajstić information content (AvgIpc) is 2.68. The molecule has 0 saturated carbocycles. The summed E-state index contributed by atoms with van der Waals surface area (Å²) in [5.74, 6) is 3.65. The van der Waals surface area contributed by atoms with Crippen LogP contribution in [0.15, 0.2) is 22.8 Å². The molecule has 1 heterocycles. The minimum Gasteiger partial charge on any atom is -0.469 e. The minimum absolute atomic E-state index is 0.261. The fourth-order valence-corrected chi connectivity index (χ4v) is 1.23. The molecule has 14 heavy (non-hydrogen) atoms. The van der Waals surface area contributed by atoms with E-state index in [1.54, 1.807) is 6.26 Å². The van der Waals surface area contributed by atoms with E-state index in [9.17, 15) is 4.79 Å². The molecule has 0 aliphatic heterocycles. The fourth-order valence-electron chi connectivity index (χ4n) is 1.23. The molecular formula is C12H14O2. The van der Waals surface area contributed by atoms with E-state index >= 15 is 0 Å². The molecule has 0 fully saturated rings. The van der Waals surface area contributed by atoms with E-state index in [4.69, 9.17) is 10.8 Å². The summed E-state index contributed by atoms with van der Waals surface area (Å²) in [6.07, 6.45) is 10.0. The van der Waals surface area contributed by atoms with Gasteiger partial charge in [-0.1, -0.05) is 0 Å². The Balaban J connectivity index is 2.13. The summed E-state index contributed by atoms with van der Waals surface area (Å²) in [5.41, 5.74) is 0. The number of furan rings is 1. The number of hydrogen-bond donors (Lipinski definition) is 0. The number of terminal acetylenes is 1. The Hall–Kier alpha value is -1.49. The van der Waals surface area contributed by atoms with Gasteiger partial charge in [0.1, 0.15) is 11.5 Å². The van der Waals surface area contributed by atoms with E-state index in [1.807, 2.05) is 12.1 Å². The Morgan fingerprint density at radius 3 is 3.00 bits per heavy atom. The molecule has 0 atom stereocenters. The third kappa shape index (κ3) is 3.95. The molecule has 0 aromatic carbocycles.